The van der Waals surface area contributed by atoms with E-state index in [-0.39, 0.29) is 18.1 Å². The molecule has 2 aromatic rings. The molecule has 0 aliphatic carbocycles. The van der Waals surface area contributed by atoms with Gasteiger partial charge in [0.2, 0.25) is 0 Å². The summed E-state index contributed by atoms with van der Waals surface area (Å²) in [5, 5.41) is 23.7. The molecule has 0 aromatic heterocycles. The topological polar surface area (TPSA) is 92.5 Å². The number of nitro benzene ring substituents is 1. The third-order valence-electron chi connectivity index (χ3n) is 3.05. The van der Waals surface area contributed by atoms with Crippen LogP contribution in [0.2, 0.25) is 5.02 Å². The average molecular weight is 321 g/mol. The van der Waals surface area contributed by atoms with Crippen LogP contribution in [0.15, 0.2) is 48.5 Å². The molecule has 0 fully saturated rings. The molecule has 0 radical (unpaired) electrons. The lowest BCUT2D eigenvalue weighted by Gasteiger charge is -2.12. The van der Waals surface area contributed by atoms with Gasteiger partial charge in [-0.1, -0.05) is 11.6 Å². The number of halogens is 1. The lowest BCUT2D eigenvalue weighted by atomic mass is 10.1. The van der Waals surface area contributed by atoms with Gasteiger partial charge in [-0.25, -0.2) is 0 Å². The maximum absolute atomic E-state index is 11.9. The Bertz CT molecular complexity index is 671. The number of carbonyl (C=O) groups excluding carboxylic acids is 1. The van der Waals surface area contributed by atoms with Crippen LogP contribution in [0.5, 0.6) is 0 Å². The van der Waals surface area contributed by atoms with E-state index in [0.717, 1.165) is 0 Å². The van der Waals surface area contributed by atoms with Crippen molar-refractivity contribution in [3.8, 4) is 0 Å². The molecule has 114 valence electrons. The van der Waals surface area contributed by atoms with E-state index in [1.54, 1.807) is 24.3 Å². The van der Waals surface area contributed by atoms with Gasteiger partial charge < -0.3 is 10.4 Å². The molecule has 0 saturated heterocycles. The average Bonchev–Trinajstić information content (AvgIpc) is 2.53. The molecular formula is C15H13ClN2O4. The van der Waals surface area contributed by atoms with Crippen molar-refractivity contribution in [2.24, 2.45) is 0 Å². The minimum atomic E-state index is -0.947. The normalized spacial score (nSPS) is 11.7. The summed E-state index contributed by atoms with van der Waals surface area (Å²) in [5.74, 6) is -0.336. The summed E-state index contributed by atoms with van der Waals surface area (Å²) in [4.78, 5) is 21.9. The largest absolute Gasteiger partial charge is 0.387 e. The van der Waals surface area contributed by atoms with E-state index in [1.807, 2.05) is 0 Å². The second-order valence-corrected chi connectivity index (χ2v) is 5.02. The predicted octanol–water partition coefficient (Wildman–Crippen LogP) is 2.71. The Hall–Kier alpha value is -2.44. The molecule has 2 rings (SSSR count). The van der Waals surface area contributed by atoms with Gasteiger partial charge in [-0.15, -0.1) is 0 Å². The molecule has 1 atom stereocenters. The highest BCUT2D eigenvalue weighted by atomic mass is 35.5. The predicted molar refractivity (Wildman–Crippen MR) is 81.8 cm³/mol. The minimum Gasteiger partial charge on any atom is -0.387 e. The van der Waals surface area contributed by atoms with E-state index in [1.165, 1.54) is 24.3 Å². The second-order valence-electron chi connectivity index (χ2n) is 4.58. The van der Waals surface area contributed by atoms with Crippen molar-refractivity contribution in [2.75, 3.05) is 6.54 Å². The van der Waals surface area contributed by atoms with Gasteiger partial charge in [0, 0.05) is 29.3 Å². The van der Waals surface area contributed by atoms with E-state index in [2.05, 4.69) is 5.32 Å². The van der Waals surface area contributed by atoms with Gasteiger partial charge in [0.05, 0.1) is 11.0 Å². The van der Waals surface area contributed by atoms with Crippen molar-refractivity contribution >= 4 is 23.2 Å². The molecule has 0 aliphatic heterocycles. The lowest BCUT2D eigenvalue weighted by Crippen LogP contribution is -2.28. The fraction of sp³-hybridized carbons (Fsp3) is 0.133. The SMILES string of the molecule is O=C(NC[C@H](O)c1ccc([N+](=O)[O-])cc1)c1ccc(Cl)cc1. The third kappa shape index (κ3) is 4.03. The van der Waals surface area contributed by atoms with Gasteiger partial charge in [0.1, 0.15) is 0 Å². The quantitative estimate of drug-likeness (QED) is 0.654. The van der Waals surface area contributed by atoms with Crippen LogP contribution in [-0.4, -0.2) is 22.5 Å². The molecule has 1 amide bonds. The van der Waals surface area contributed by atoms with E-state index < -0.39 is 11.0 Å². The van der Waals surface area contributed by atoms with Crippen molar-refractivity contribution in [3.63, 3.8) is 0 Å². The van der Waals surface area contributed by atoms with Crippen molar-refractivity contribution in [1.29, 1.82) is 0 Å². The van der Waals surface area contributed by atoms with Crippen molar-refractivity contribution < 1.29 is 14.8 Å². The second kappa shape index (κ2) is 7.02. The molecule has 2 aromatic carbocycles. The standard InChI is InChI=1S/C15H13ClN2O4/c16-12-5-1-11(2-6-12)15(20)17-9-14(19)10-3-7-13(8-4-10)18(21)22/h1-8,14,19H,9H2,(H,17,20)/t14-/m0/s1. The highest BCUT2D eigenvalue weighted by Gasteiger charge is 2.12. The maximum Gasteiger partial charge on any atom is 0.269 e. The summed E-state index contributed by atoms with van der Waals surface area (Å²) in [5.41, 5.74) is 0.864. The van der Waals surface area contributed by atoms with Gasteiger partial charge in [0.25, 0.3) is 11.6 Å². The molecule has 0 spiro atoms. The summed E-state index contributed by atoms with van der Waals surface area (Å²) in [6.45, 7) is -0.000723. The van der Waals surface area contributed by atoms with Crippen LogP contribution in [0.25, 0.3) is 0 Å². The summed E-state index contributed by atoms with van der Waals surface area (Å²) >= 11 is 5.74. The van der Waals surface area contributed by atoms with Gasteiger partial charge in [-0.3, -0.25) is 14.9 Å². The number of aliphatic hydroxyl groups excluding tert-OH is 1. The third-order valence-corrected chi connectivity index (χ3v) is 3.30. The molecule has 7 heteroatoms. The van der Waals surface area contributed by atoms with E-state index in [4.69, 9.17) is 11.6 Å². The Morgan fingerprint density at radius 1 is 1.18 bits per heavy atom. The van der Waals surface area contributed by atoms with Gasteiger partial charge in [0.15, 0.2) is 0 Å². The summed E-state index contributed by atoms with van der Waals surface area (Å²) < 4.78 is 0. The minimum absolute atomic E-state index is 0.000723. The Morgan fingerprint density at radius 3 is 2.32 bits per heavy atom. The Kier molecular flexibility index (Phi) is 5.08. The van der Waals surface area contributed by atoms with Crippen molar-refractivity contribution in [3.05, 3.63) is 74.8 Å². The summed E-state index contributed by atoms with van der Waals surface area (Å²) in [6, 6.07) is 11.9. The Balaban J connectivity index is 1.94. The fourth-order valence-electron chi connectivity index (χ4n) is 1.83. The summed E-state index contributed by atoms with van der Waals surface area (Å²) in [6.07, 6.45) is -0.947. The van der Waals surface area contributed by atoms with Crippen LogP contribution in [0.1, 0.15) is 22.0 Å². The summed E-state index contributed by atoms with van der Waals surface area (Å²) in [7, 11) is 0. The maximum atomic E-state index is 11.9. The van der Waals surface area contributed by atoms with Crippen molar-refractivity contribution in [1.82, 2.24) is 5.32 Å². The number of aliphatic hydroxyl groups is 1. The number of nitro groups is 1. The Morgan fingerprint density at radius 2 is 1.77 bits per heavy atom. The number of nitrogens with zero attached hydrogens (tertiary/aromatic N) is 1. The molecule has 6 nitrogen and oxygen atoms in total. The zero-order valence-electron chi connectivity index (χ0n) is 11.4. The number of nitrogens with one attached hydrogen (secondary N) is 1. The van der Waals surface area contributed by atoms with E-state index in [9.17, 15) is 20.0 Å². The van der Waals surface area contributed by atoms with Crippen LogP contribution in [0, 0.1) is 10.1 Å². The Labute approximate surface area is 131 Å². The van der Waals surface area contributed by atoms with Gasteiger partial charge in [-0.2, -0.15) is 0 Å². The molecule has 0 unspecified atom stereocenters. The fourth-order valence-corrected chi connectivity index (χ4v) is 1.95. The first kappa shape index (κ1) is 15.9. The number of hydrogen-bond donors (Lipinski definition) is 2. The first-order chi connectivity index (χ1) is 10.5. The molecule has 0 aliphatic rings. The first-order valence-corrected chi connectivity index (χ1v) is 6.81. The molecule has 22 heavy (non-hydrogen) atoms. The number of hydrogen-bond acceptors (Lipinski definition) is 4. The van der Waals surface area contributed by atoms with Crippen LogP contribution in [0.3, 0.4) is 0 Å². The smallest absolute Gasteiger partial charge is 0.269 e. The molecule has 0 heterocycles. The lowest BCUT2D eigenvalue weighted by molar-refractivity contribution is -0.384. The molecule has 2 N–H and O–H groups in total. The van der Waals surface area contributed by atoms with Crippen molar-refractivity contribution in [2.45, 2.75) is 6.10 Å². The highest BCUT2D eigenvalue weighted by molar-refractivity contribution is 6.30. The van der Waals surface area contributed by atoms with Crippen LogP contribution < -0.4 is 5.32 Å². The zero-order valence-corrected chi connectivity index (χ0v) is 12.2. The monoisotopic (exact) mass is 320 g/mol. The molecular weight excluding hydrogens is 308 g/mol. The number of benzene rings is 2. The molecule has 0 bridgehead atoms. The first-order valence-electron chi connectivity index (χ1n) is 6.43. The number of non-ortho nitro benzene ring substituents is 1. The van der Waals surface area contributed by atoms with Crippen LogP contribution in [-0.2, 0) is 0 Å². The van der Waals surface area contributed by atoms with Gasteiger partial charge >= 0.3 is 0 Å². The zero-order chi connectivity index (χ0) is 16.1. The van der Waals surface area contributed by atoms with Gasteiger partial charge in [-0.05, 0) is 42.0 Å². The number of rotatable bonds is 5. The van der Waals surface area contributed by atoms with E-state index >= 15 is 0 Å². The molecule has 0 saturated carbocycles. The number of amides is 1. The highest BCUT2D eigenvalue weighted by Crippen LogP contribution is 2.17. The van der Waals surface area contributed by atoms with Crippen LogP contribution in [0.4, 0.5) is 5.69 Å². The van der Waals surface area contributed by atoms with E-state index in [0.29, 0.717) is 16.1 Å². The number of carbonyl (C=O) groups is 1. The van der Waals surface area contributed by atoms with Crippen LogP contribution >= 0.6 is 11.6 Å².